The van der Waals surface area contributed by atoms with Crippen LogP contribution in [-0.2, 0) is 0 Å². The molecule has 4 nitrogen and oxygen atoms in total. The molecule has 0 aliphatic heterocycles. The predicted octanol–water partition coefficient (Wildman–Crippen LogP) is 2.48. The molecular formula is C11H11ClN4. The quantitative estimate of drug-likeness (QED) is 0.812. The molecule has 0 aliphatic rings. The predicted molar refractivity (Wildman–Crippen MR) is 66.0 cm³/mol. The first-order chi connectivity index (χ1) is 7.68. The number of aromatic nitrogens is 2. The highest BCUT2D eigenvalue weighted by atomic mass is 35.5. The van der Waals surface area contributed by atoms with E-state index in [1.165, 1.54) is 0 Å². The van der Waals surface area contributed by atoms with Crippen molar-refractivity contribution in [3.05, 3.63) is 41.7 Å². The van der Waals surface area contributed by atoms with Crippen LogP contribution in [0.2, 0.25) is 5.02 Å². The molecule has 0 unspecified atom stereocenters. The van der Waals surface area contributed by atoms with Crippen molar-refractivity contribution in [3.8, 4) is 0 Å². The molecular weight excluding hydrogens is 224 g/mol. The fourth-order valence-electron chi connectivity index (χ4n) is 1.30. The van der Waals surface area contributed by atoms with Crippen LogP contribution >= 0.6 is 11.6 Å². The van der Waals surface area contributed by atoms with E-state index >= 15 is 0 Å². The fraction of sp³-hybridized carbons (Fsp3) is 0.0909. The number of hydrogen-bond acceptors (Lipinski definition) is 4. The van der Waals surface area contributed by atoms with Gasteiger partial charge >= 0.3 is 0 Å². The third-order valence-electron chi connectivity index (χ3n) is 2.22. The smallest absolute Gasteiger partial charge is 0.229 e. The van der Waals surface area contributed by atoms with E-state index in [0.717, 1.165) is 5.69 Å². The maximum Gasteiger partial charge on any atom is 0.229 e. The minimum atomic E-state index is 0.528. The van der Waals surface area contributed by atoms with Gasteiger partial charge in [0.05, 0.1) is 10.7 Å². The summed E-state index contributed by atoms with van der Waals surface area (Å²) in [7, 11) is 1.87. The van der Waals surface area contributed by atoms with E-state index in [1.54, 1.807) is 30.6 Å². The van der Waals surface area contributed by atoms with Gasteiger partial charge in [-0.3, -0.25) is 0 Å². The number of benzene rings is 1. The molecule has 5 heteroatoms. The Labute approximate surface area is 98.7 Å². The second-order valence-corrected chi connectivity index (χ2v) is 3.72. The third-order valence-corrected chi connectivity index (χ3v) is 2.55. The number of nitrogen functional groups attached to an aromatic ring is 1. The summed E-state index contributed by atoms with van der Waals surface area (Å²) in [4.78, 5) is 10.1. The van der Waals surface area contributed by atoms with Crippen molar-refractivity contribution in [1.82, 2.24) is 9.97 Å². The minimum absolute atomic E-state index is 0.528. The van der Waals surface area contributed by atoms with E-state index in [9.17, 15) is 0 Å². The molecule has 2 N–H and O–H groups in total. The number of rotatable bonds is 2. The van der Waals surface area contributed by atoms with Crippen molar-refractivity contribution in [2.75, 3.05) is 17.7 Å². The first-order valence-corrected chi connectivity index (χ1v) is 5.12. The van der Waals surface area contributed by atoms with Crippen molar-refractivity contribution in [2.45, 2.75) is 0 Å². The molecule has 1 aromatic carbocycles. The van der Waals surface area contributed by atoms with Gasteiger partial charge in [0.2, 0.25) is 5.95 Å². The van der Waals surface area contributed by atoms with Crippen LogP contribution in [0.15, 0.2) is 36.7 Å². The molecule has 0 saturated heterocycles. The van der Waals surface area contributed by atoms with Crippen molar-refractivity contribution in [2.24, 2.45) is 0 Å². The summed E-state index contributed by atoms with van der Waals surface area (Å²) >= 11 is 5.95. The molecule has 1 aromatic heterocycles. The Kier molecular flexibility index (Phi) is 2.92. The van der Waals surface area contributed by atoms with Gasteiger partial charge in [0.1, 0.15) is 0 Å². The summed E-state index contributed by atoms with van der Waals surface area (Å²) < 4.78 is 0. The highest BCUT2D eigenvalue weighted by Crippen LogP contribution is 2.27. The van der Waals surface area contributed by atoms with Gasteiger partial charge in [0.15, 0.2) is 0 Å². The zero-order valence-electron chi connectivity index (χ0n) is 8.76. The molecule has 82 valence electrons. The van der Waals surface area contributed by atoms with Crippen LogP contribution in [0.4, 0.5) is 17.3 Å². The van der Waals surface area contributed by atoms with Gasteiger partial charge in [-0.25, -0.2) is 9.97 Å². The first kappa shape index (κ1) is 10.7. The molecule has 0 saturated carbocycles. The molecule has 0 atom stereocenters. The van der Waals surface area contributed by atoms with E-state index < -0.39 is 0 Å². The summed E-state index contributed by atoms with van der Waals surface area (Å²) in [6.07, 6.45) is 3.38. The summed E-state index contributed by atoms with van der Waals surface area (Å²) in [6, 6.07) is 7.19. The van der Waals surface area contributed by atoms with E-state index in [0.29, 0.717) is 16.7 Å². The Morgan fingerprint density at radius 1 is 1.25 bits per heavy atom. The molecule has 0 fully saturated rings. The van der Waals surface area contributed by atoms with Crippen molar-refractivity contribution >= 4 is 28.9 Å². The monoisotopic (exact) mass is 234 g/mol. The molecule has 0 spiro atoms. The van der Waals surface area contributed by atoms with Gasteiger partial charge in [-0.05, 0) is 24.3 Å². The van der Waals surface area contributed by atoms with E-state index in [4.69, 9.17) is 17.3 Å². The lowest BCUT2D eigenvalue weighted by Gasteiger charge is -2.17. The second kappa shape index (κ2) is 4.37. The molecule has 0 radical (unpaired) electrons. The van der Waals surface area contributed by atoms with Gasteiger partial charge in [0.25, 0.3) is 0 Å². The number of anilines is 3. The lowest BCUT2D eigenvalue weighted by Crippen LogP contribution is -2.12. The topological polar surface area (TPSA) is 55.0 Å². The number of nitrogens with zero attached hydrogens (tertiary/aromatic N) is 3. The first-order valence-electron chi connectivity index (χ1n) is 4.74. The Morgan fingerprint density at radius 3 is 2.56 bits per heavy atom. The number of nitrogens with two attached hydrogens (primary N) is 1. The third kappa shape index (κ3) is 2.06. The summed E-state index contributed by atoms with van der Waals surface area (Å²) in [5, 5.41) is 0.528. The van der Waals surface area contributed by atoms with Crippen LogP contribution in [0.1, 0.15) is 0 Å². The normalized spacial score (nSPS) is 10.1. The van der Waals surface area contributed by atoms with Gasteiger partial charge in [0, 0.05) is 25.1 Å². The molecule has 0 bridgehead atoms. The van der Waals surface area contributed by atoms with Crippen LogP contribution in [-0.4, -0.2) is 17.0 Å². The Morgan fingerprint density at radius 2 is 1.94 bits per heavy atom. The molecule has 16 heavy (non-hydrogen) atoms. The van der Waals surface area contributed by atoms with Crippen LogP contribution in [0, 0.1) is 0 Å². The van der Waals surface area contributed by atoms with E-state index in [-0.39, 0.29) is 0 Å². The fourth-order valence-corrected chi connectivity index (χ4v) is 1.48. The van der Waals surface area contributed by atoms with Crippen molar-refractivity contribution in [3.63, 3.8) is 0 Å². The molecule has 0 aliphatic carbocycles. The summed E-state index contributed by atoms with van der Waals surface area (Å²) in [6.45, 7) is 0. The minimum Gasteiger partial charge on any atom is -0.398 e. The summed E-state index contributed by atoms with van der Waals surface area (Å²) in [5.41, 5.74) is 7.10. The van der Waals surface area contributed by atoms with Gasteiger partial charge < -0.3 is 10.6 Å². The average Bonchev–Trinajstić information content (AvgIpc) is 2.33. The van der Waals surface area contributed by atoms with E-state index in [1.807, 2.05) is 18.0 Å². The highest BCUT2D eigenvalue weighted by molar-refractivity contribution is 6.33. The van der Waals surface area contributed by atoms with Crippen molar-refractivity contribution < 1.29 is 0 Å². The molecule has 2 rings (SSSR count). The van der Waals surface area contributed by atoms with Crippen LogP contribution < -0.4 is 10.6 Å². The van der Waals surface area contributed by atoms with E-state index in [2.05, 4.69) is 9.97 Å². The lowest BCUT2D eigenvalue weighted by molar-refractivity contribution is 1.04. The Hall–Kier alpha value is -1.81. The summed E-state index contributed by atoms with van der Waals surface area (Å²) in [5.74, 6) is 0.614. The largest absolute Gasteiger partial charge is 0.398 e. The van der Waals surface area contributed by atoms with Crippen molar-refractivity contribution in [1.29, 1.82) is 0 Å². The highest BCUT2D eigenvalue weighted by Gasteiger charge is 2.07. The number of hydrogen-bond donors (Lipinski definition) is 1. The molecule has 1 heterocycles. The maximum absolute atomic E-state index is 5.95. The Bertz CT molecular complexity index is 487. The molecule has 2 aromatic rings. The van der Waals surface area contributed by atoms with Crippen LogP contribution in [0.25, 0.3) is 0 Å². The molecule has 0 amide bonds. The van der Waals surface area contributed by atoms with Gasteiger partial charge in [-0.15, -0.1) is 0 Å². The zero-order chi connectivity index (χ0) is 11.5. The lowest BCUT2D eigenvalue weighted by atomic mass is 10.2. The van der Waals surface area contributed by atoms with Crippen LogP contribution in [0.3, 0.4) is 0 Å². The average molecular weight is 235 g/mol. The Balaban J connectivity index is 2.34. The number of halogens is 1. The standard InChI is InChI=1S/C11H11ClN4/c1-16(11-14-5-2-6-15-11)8-3-4-10(13)9(12)7-8/h2-7H,13H2,1H3. The second-order valence-electron chi connectivity index (χ2n) is 3.31. The zero-order valence-corrected chi connectivity index (χ0v) is 9.52. The van der Waals surface area contributed by atoms with Gasteiger partial charge in [-0.1, -0.05) is 11.6 Å². The maximum atomic E-state index is 5.95. The van der Waals surface area contributed by atoms with Gasteiger partial charge in [-0.2, -0.15) is 0 Å². The SMILES string of the molecule is CN(c1ccc(N)c(Cl)c1)c1ncccn1. The van der Waals surface area contributed by atoms with Crippen LogP contribution in [0.5, 0.6) is 0 Å².